The van der Waals surface area contributed by atoms with Crippen LogP contribution in [0.1, 0.15) is 23.4 Å². The number of hydrogen-bond donors (Lipinski definition) is 3. The zero-order valence-electron chi connectivity index (χ0n) is 12.0. The minimum Gasteiger partial charge on any atom is -0.354 e. The molecule has 1 fully saturated rings. The highest BCUT2D eigenvalue weighted by Crippen LogP contribution is 2.09. The molecule has 20 heavy (non-hydrogen) atoms. The van der Waals surface area contributed by atoms with Crippen molar-refractivity contribution in [2.24, 2.45) is 0 Å². The predicted molar refractivity (Wildman–Crippen MR) is 74.4 cm³/mol. The fourth-order valence-corrected chi connectivity index (χ4v) is 2.33. The second kappa shape index (κ2) is 6.40. The molecule has 3 amide bonds. The van der Waals surface area contributed by atoms with Crippen molar-refractivity contribution in [3.63, 3.8) is 0 Å². The Morgan fingerprint density at radius 3 is 2.95 bits per heavy atom. The highest BCUT2D eigenvalue weighted by atomic mass is 16.2. The van der Waals surface area contributed by atoms with Gasteiger partial charge in [-0.1, -0.05) is 0 Å². The lowest BCUT2D eigenvalue weighted by Crippen LogP contribution is -2.44. The van der Waals surface area contributed by atoms with E-state index in [1.54, 1.807) is 4.90 Å². The van der Waals surface area contributed by atoms with Gasteiger partial charge in [-0.05, 0) is 32.3 Å². The van der Waals surface area contributed by atoms with E-state index < -0.39 is 0 Å². The second-order valence-electron chi connectivity index (χ2n) is 5.02. The van der Waals surface area contributed by atoms with Gasteiger partial charge in [-0.2, -0.15) is 5.10 Å². The molecule has 1 aromatic rings. The first-order valence-electron chi connectivity index (χ1n) is 6.88. The fraction of sp³-hybridized carbons (Fsp3) is 0.615. The van der Waals surface area contributed by atoms with E-state index in [2.05, 4.69) is 20.8 Å². The maximum Gasteiger partial charge on any atom is 0.317 e. The van der Waals surface area contributed by atoms with Crippen LogP contribution >= 0.6 is 0 Å². The Kier molecular flexibility index (Phi) is 4.60. The summed E-state index contributed by atoms with van der Waals surface area (Å²) < 4.78 is 0. The monoisotopic (exact) mass is 279 g/mol. The quantitative estimate of drug-likeness (QED) is 0.733. The lowest BCUT2D eigenvalue weighted by atomic mass is 10.1. The number of rotatable bonds is 3. The zero-order valence-corrected chi connectivity index (χ0v) is 12.0. The molecule has 3 N–H and O–H groups in total. The van der Waals surface area contributed by atoms with Gasteiger partial charge in [0.15, 0.2) is 0 Å². The molecule has 0 aliphatic carbocycles. The van der Waals surface area contributed by atoms with Crippen LogP contribution in [0, 0.1) is 13.8 Å². The van der Waals surface area contributed by atoms with Crippen molar-refractivity contribution in [2.45, 2.75) is 26.7 Å². The summed E-state index contributed by atoms with van der Waals surface area (Å²) >= 11 is 0. The van der Waals surface area contributed by atoms with Crippen LogP contribution in [0.25, 0.3) is 0 Å². The lowest BCUT2D eigenvalue weighted by molar-refractivity contribution is -0.121. The van der Waals surface area contributed by atoms with Crippen LogP contribution in [0.3, 0.4) is 0 Å². The predicted octanol–water partition coefficient (Wildman–Crippen LogP) is 0.101. The van der Waals surface area contributed by atoms with E-state index in [4.69, 9.17) is 0 Å². The molecule has 0 aromatic carbocycles. The van der Waals surface area contributed by atoms with E-state index in [-0.39, 0.29) is 18.5 Å². The standard InChI is InChI=1S/C13H21N5O2/c1-9-11(10(2)17-16-9)4-6-15-13(20)18-7-3-5-14-12(19)8-18/h3-8H2,1-2H3,(H,14,19)(H,15,20)(H,16,17). The lowest BCUT2D eigenvalue weighted by Gasteiger charge is -2.19. The van der Waals surface area contributed by atoms with Crippen LogP contribution < -0.4 is 10.6 Å². The van der Waals surface area contributed by atoms with Crippen molar-refractivity contribution in [3.05, 3.63) is 17.0 Å². The van der Waals surface area contributed by atoms with Crippen LogP contribution in [0.5, 0.6) is 0 Å². The van der Waals surface area contributed by atoms with Crippen molar-refractivity contribution in [1.82, 2.24) is 25.7 Å². The van der Waals surface area contributed by atoms with Crippen LogP contribution in [0.2, 0.25) is 0 Å². The first kappa shape index (κ1) is 14.4. The van der Waals surface area contributed by atoms with E-state index in [9.17, 15) is 9.59 Å². The van der Waals surface area contributed by atoms with Crippen molar-refractivity contribution < 1.29 is 9.59 Å². The summed E-state index contributed by atoms with van der Waals surface area (Å²) in [5.74, 6) is -0.0980. The molecule has 0 saturated carbocycles. The van der Waals surface area contributed by atoms with Gasteiger partial charge in [0, 0.05) is 25.3 Å². The average Bonchev–Trinajstić information content (AvgIpc) is 2.63. The molecule has 0 atom stereocenters. The van der Waals surface area contributed by atoms with Gasteiger partial charge in [-0.15, -0.1) is 0 Å². The topological polar surface area (TPSA) is 90.1 Å². The molecule has 1 aliphatic heterocycles. The number of aromatic amines is 1. The van der Waals surface area contributed by atoms with Gasteiger partial charge in [0.2, 0.25) is 5.91 Å². The molecule has 110 valence electrons. The Morgan fingerprint density at radius 1 is 1.45 bits per heavy atom. The molecular weight excluding hydrogens is 258 g/mol. The average molecular weight is 279 g/mol. The number of carbonyl (C=O) groups is 2. The van der Waals surface area contributed by atoms with Crippen LogP contribution in [-0.2, 0) is 11.2 Å². The minimum atomic E-state index is -0.180. The van der Waals surface area contributed by atoms with Crippen LogP contribution in [-0.4, -0.2) is 53.2 Å². The highest BCUT2D eigenvalue weighted by molar-refractivity contribution is 5.84. The molecule has 0 radical (unpaired) electrons. The minimum absolute atomic E-state index is 0.0980. The summed E-state index contributed by atoms with van der Waals surface area (Å²) in [6.45, 7) is 5.83. The van der Waals surface area contributed by atoms with Gasteiger partial charge >= 0.3 is 6.03 Å². The third-order valence-corrected chi connectivity index (χ3v) is 3.48. The van der Waals surface area contributed by atoms with Crippen molar-refractivity contribution in [3.8, 4) is 0 Å². The number of hydrogen-bond acceptors (Lipinski definition) is 3. The first-order chi connectivity index (χ1) is 9.58. The molecule has 1 saturated heterocycles. The van der Waals surface area contributed by atoms with Crippen molar-refractivity contribution in [1.29, 1.82) is 0 Å². The smallest absolute Gasteiger partial charge is 0.317 e. The van der Waals surface area contributed by atoms with Gasteiger partial charge in [0.25, 0.3) is 0 Å². The summed E-state index contributed by atoms with van der Waals surface area (Å²) in [6, 6.07) is -0.180. The Morgan fingerprint density at radius 2 is 2.25 bits per heavy atom. The number of H-pyrrole nitrogens is 1. The van der Waals surface area contributed by atoms with E-state index in [1.165, 1.54) is 0 Å². The molecule has 7 heteroatoms. The van der Waals surface area contributed by atoms with E-state index in [0.29, 0.717) is 19.6 Å². The molecule has 0 unspecified atom stereocenters. The summed E-state index contributed by atoms with van der Waals surface area (Å²) in [7, 11) is 0. The highest BCUT2D eigenvalue weighted by Gasteiger charge is 2.19. The van der Waals surface area contributed by atoms with Gasteiger partial charge in [0.05, 0.1) is 5.69 Å². The summed E-state index contributed by atoms with van der Waals surface area (Å²) in [5.41, 5.74) is 3.13. The molecule has 0 bridgehead atoms. The fourth-order valence-electron chi connectivity index (χ4n) is 2.33. The van der Waals surface area contributed by atoms with E-state index in [1.807, 2.05) is 13.8 Å². The van der Waals surface area contributed by atoms with Crippen molar-refractivity contribution >= 4 is 11.9 Å². The molecule has 0 spiro atoms. The summed E-state index contributed by atoms with van der Waals surface area (Å²) in [4.78, 5) is 25.0. The molecule has 1 aromatic heterocycles. The van der Waals surface area contributed by atoms with Gasteiger partial charge in [0.1, 0.15) is 6.54 Å². The van der Waals surface area contributed by atoms with E-state index in [0.717, 1.165) is 29.8 Å². The SMILES string of the molecule is Cc1n[nH]c(C)c1CCNC(=O)N1CCCNC(=O)C1. The van der Waals surface area contributed by atoms with Gasteiger partial charge < -0.3 is 15.5 Å². The number of urea groups is 1. The third kappa shape index (κ3) is 3.49. The number of nitrogens with one attached hydrogen (secondary N) is 3. The molecule has 7 nitrogen and oxygen atoms in total. The van der Waals surface area contributed by atoms with Crippen LogP contribution in [0.15, 0.2) is 0 Å². The number of carbonyl (C=O) groups excluding carboxylic acids is 2. The maximum absolute atomic E-state index is 12.0. The second-order valence-corrected chi connectivity index (χ2v) is 5.02. The number of aromatic nitrogens is 2. The number of amides is 3. The molecule has 2 rings (SSSR count). The molecule has 2 heterocycles. The normalized spacial score (nSPS) is 15.7. The van der Waals surface area contributed by atoms with Gasteiger partial charge in [-0.25, -0.2) is 4.79 Å². The van der Waals surface area contributed by atoms with Crippen molar-refractivity contribution in [2.75, 3.05) is 26.2 Å². The first-order valence-corrected chi connectivity index (χ1v) is 6.88. The van der Waals surface area contributed by atoms with Gasteiger partial charge in [-0.3, -0.25) is 9.89 Å². The Labute approximate surface area is 118 Å². The summed E-state index contributed by atoms with van der Waals surface area (Å²) in [6.07, 6.45) is 1.53. The maximum atomic E-state index is 12.0. The Hall–Kier alpha value is -2.05. The largest absolute Gasteiger partial charge is 0.354 e. The van der Waals surface area contributed by atoms with E-state index >= 15 is 0 Å². The third-order valence-electron chi connectivity index (χ3n) is 3.48. The number of nitrogens with zero attached hydrogens (tertiary/aromatic N) is 2. The Bertz CT molecular complexity index is 477. The molecule has 1 aliphatic rings. The molecular formula is C13H21N5O2. The van der Waals surface area contributed by atoms with Crippen LogP contribution in [0.4, 0.5) is 4.79 Å². The Balaban J connectivity index is 1.81. The summed E-state index contributed by atoms with van der Waals surface area (Å²) in [5, 5.41) is 12.7. The zero-order chi connectivity index (χ0) is 14.5. The number of aryl methyl sites for hydroxylation is 2.